The van der Waals surface area contributed by atoms with Crippen molar-refractivity contribution in [2.45, 2.75) is 44.6 Å². The Bertz CT molecular complexity index is 896. The number of halogens is 1. The van der Waals surface area contributed by atoms with Crippen molar-refractivity contribution in [2.24, 2.45) is 5.73 Å². The maximum atomic E-state index is 6.41. The van der Waals surface area contributed by atoms with E-state index in [1.165, 1.54) is 0 Å². The molecule has 0 aliphatic heterocycles. The zero-order valence-corrected chi connectivity index (χ0v) is 14.7. The number of rotatable bonds is 4. The van der Waals surface area contributed by atoms with E-state index >= 15 is 0 Å². The molecule has 0 amide bonds. The van der Waals surface area contributed by atoms with E-state index in [9.17, 15) is 0 Å². The van der Waals surface area contributed by atoms with Gasteiger partial charge in [0.05, 0.1) is 16.9 Å². The van der Waals surface area contributed by atoms with Crippen LogP contribution in [0.15, 0.2) is 28.8 Å². The second-order valence-corrected chi connectivity index (χ2v) is 6.85. The van der Waals surface area contributed by atoms with Gasteiger partial charge in [-0.15, -0.1) is 5.10 Å². The van der Waals surface area contributed by atoms with Gasteiger partial charge in [-0.2, -0.15) is 4.98 Å². The molecule has 4 rings (SSSR count). The number of nitrogens with zero attached hydrogens (tertiary/aromatic N) is 5. The highest BCUT2D eigenvalue weighted by molar-refractivity contribution is 6.30. The highest BCUT2D eigenvalue weighted by atomic mass is 35.5. The van der Waals surface area contributed by atoms with Crippen LogP contribution < -0.4 is 5.73 Å². The average molecular weight is 359 g/mol. The summed E-state index contributed by atoms with van der Waals surface area (Å²) >= 11 is 6.09. The van der Waals surface area contributed by atoms with Gasteiger partial charge < -0.3 is 10.3 Å². The first-order valence-electron chi connectivity index (χ1n) is 8.45. The molecule has 8 heteroatoms. The van der Waals surface area contributed by atoms with E-state index in [-0.39, 0.29) is 0 Å². The predicted octanol–water partition coefficient (Wildman–Crippen LogP) is 3.26. The fraction of sp³-hybridized carbons (Fsp3) is 0.412. The molecule has 1 aromatic carbocycles. The van der Waals surface area contributed by atoms with Crippen LogP contribution in [0.1, 0.15) is 44.1 Å². The maximum absolute atomic E-state index is 6.41. The highest BCUT2D eigenvalue weighted by Gasteiger charge is 2.36. The lowest BCUT2D eigenvalue weighted by molar-refractivity contribution is 0.372. The predicted molar refractivity (Wildman–Crippen MR) is 93.4 cm³/mol. The minimum Gasteiger partial charge on any atom is -0.332 e. The van der Waals surface area contributed by atoms with Crippen LogP contribution in [0, 0.1) is 0 Å². The van der Waals surface area contributed by atoms with Crippen LogP contribution in [0.5, 0.6) is 0 Å². The van der Waals surface area contributed by atoms with E-state index < -0.39 is 5.54 Å². The van der Waals surface area contributed by atoms with Gasteiger partial charge in [-0.05, 0) is 37.5 Å². The summed E-state index contributed by atoms with van der Waals surface area (Å²) in [5, 5.41) is 13.3. The third-order valence-corrected chi connectivity index (χ3v) is 4.96. The first kappa shape index (κ1) is 16.2. The van der Waals surface area contributed by atoms with Gasteiger partial charge in [0.15, 0.2) is 11.5 Å². The summed E-state index contributed by atoms with van der Waals surface area (Å²) in [5.41, 5.74) is 8.24. The average Bonchev–Trinajstić information content (AvgIpc) is 3.33. The molecule has 1 aliphatic rings. The van der Waals surface area contributed by atoms with Crippen LogP contribution in [0.3, 0.4) is 0 Å². The summed E-state index contributed by atoms with van der Waals surface area (Å²) in [5.74, 6) is 0.913. The van der Waals surface area contributed by atoms with E-state index in [2.05, 4.69) is 20.5 Å². The zero-order chi connectivity index (χ0) is 17.4. The van der Waals surface area contributed by atoms with Crippen LogP contribution in [0.25, 0.3) is 17.3 Å². The quantitative estimate of drug-likeness (QED) is 0.769. The Kier molecular flexibility index (Phi) is 4.05. The van der Waals surface area contributed by atoms with Crippen molar-refractivity contribution in [3.8, 4) is 17.3 Å². The Labute approximate surface area is 150 Å². The van der Waals surface area contributed by atoms with E-state index in [1.807, 2.05) is 31.2 Å². The fourth-order valence-corrected chi connectivity index (χ4v) is 3.54. The minimum absolute atomic E-state index is 0.358. The molecular formula is C17H19ClN6O. The number of aromatic nitrogens is 5. The summed E-state index contributed by atoms with van der Waals surface area (Å²) in [4.78, 5) is 4.52. The van der Waals surface area contributed by atoms with Gasteiger partial charge >= 0.3 is 0 Å². The molecule has 7 nitrogen and oxygen atoms in total. The molecule has 0 spiro atoms. The van der Waals surface area contributed by atoms with Crippen LogP contribution in [-0.2, 0) is 12.0 Å². The molecule has 0 saturated heterocycles. The molecule has 0 unspecified atom stereocenters. The van der Waals surface area contributed by atoms with Gasteiger partial charge in [-0.3, -0.25) is 0 Å². The van der Waals surface area contributed by atoms with Gasteiger partial charge in [-0.25, -0.2) is 4.68 Å². The van der Waals surface area contributed by atoms with E-state index in [4.69, 9.17) is 21.9 Å². The third kappa shape index (κ3) is 2.83. The third-order valence-electron chi connectivity index (χ3n) is 4.72. The van der Waals surface area contributed by atoms with E-state index in [0.29, 0.717) is 28.9 Å². The second-order valence-electron chi connectivity index (χ2n) is 6.42. The van der Waals surface area contributed by atoms with Crippen molar-refractivity contribution in [3.05, 3.63) is 40.8 Å². The Hall–Kier alpha value is -2.25. The number of hydrogen-bond donors (Lipinski definition) is 1. The van der Waals surface area contributed by atoms with E-state index in [0.717, 1.165) is 37.1 Å². The Morgan fingerprint density at radius 1 is 1.32 bits per heavy atom. The molecule has 2 N–H and O–H groups in total. The molecule has 130 valence electrons. The van der Waals surface area contributed by atoms with Crippen molar-refractivity contribution in [2.75, 3.05) is 0 Å². The van der Waals surface area contributed by atoms with Gasteiger partial charge in [0.1, 0.15) is 0 Å². The molecule has 0 atom stereocenters. The van der Waals surface area contributed by atoms with Crippen molar-refractivity contribution in [3.63, 3.8) is 0 Å². The standard InChI is InChI=1S/C17H19ClN6O/c1-2-13-14(21-23-24(13)12-7-5-6-11(18)10-12)15-20-16(22-25-15)17(19)8-3-4-9-17/h5-7,10H,2-4,8-9,19H2,1H3. The smallest absolute Gasteiger partial charge is 0.280 e. The molecule has 25 heavy (non-hydrogen) atoms. The Morgan fingerprint density at radius 3 is 2.84 bits per heavy atom. The fourth-order valence-electron chi connectivity index (χ4n) is 3.35. The molecule has 1 aliphatic carbocycles. The first-order chi connectivity index (χ1) is 12.1. The summed E-state index contributed by atoms with van der Waals surface area (Å²) in [6.45, 7) is 2.03. The van der Waals surface area contributed by atoms with Crippen molar-refractivity contribution in [1.29, 1.82) is 0 Å². The van der Waals surface area contributed by atoms with Crippen molar-refractivity contribution in [1.82, 2.24) is 25.1 Å². The molecule has 1 fully saturated rings. The number of nitrogens with two attached hydrogens (primary N) is 1. The van der Waals surface area contributed by atoms with Crippen molar-refractivity contribution >= 4 is 11.6 Å². The normalized spacial score (nSPS) is 16.4. The van der Waals surface area contributed by atoms with Crippen LogP contribution in [0.4, 0.5) is 0 Å². The first-order valence-corrected chi connectivity index (χ1v) is 8.82. The lowest BCUT2D eigenvalue weighted by Crippen LogP contribution is -2.34. The maximum Gasteiger partial charge on any atom is 0.280 e. The minimum atomic E-state index is -0.489. The lowest BCUT2D eigenvalue weighted by atomic mass is 9.99. The zero-order valence-electron chi connectivity index (χ0n) is 13.9. The van der Waals surface area contributed by atoms with Gasteiger partial charge in [0.25, 0.3) is 5.89 Å². The molecule has 2 heterocycles. The van der Waals surface area contributed by atoms with Crippen LogP contribution >= 0.6 is 11.6 Å². The number of benzene rings is 1. The van der Waals surface area contributed by atoms with Gasteiger partial charge in [0.2, 0.25) is 0 Å². The summed E-state index contributed by atoms with van der Waals surface area (Å²) in [7, 11) is 0. The molecule has 0 bridgehead atoms. The van der Waals surface area contributed by atoms with E-state index in [1.54, 1.807) is 4.68 Å². The molecular weight excluding hydrogens is 340 g/mol. The van der Waals surface area contributed by atoms with Crippen LogP contribution in [0.2, 0.25) is 5.02 Å². The molecule has 3 aromatic rings. The number of hydrogen-bond acceptors (Lipinski definition) is 6. The SMILES string of the molecule is CCc1c(-c2nc(C3(N)CCCC3)no2)nnn1-c1cccc(Cl)c1. The monoisotopic (exact) mass is 358 g/mol. The lowest BCUT2D eigenvalue weighted by Gasteiger charge is -2.17. The summed E-state index contributed by atoms with van der Waals surface area (Å²) < 4.78 is 7.21. The highest BCUT2D eigenvalue weighted by Crippen LogP contribution is 2.35. The van der Waals surface area contributed by atoms with Crippen LogP contribution in [-0.4, -0.2) is 25.1 Å². The summed E-state index contributed by atoms with van der Waals surface area (Å²) in [6.07, 6.45) is 4.64. The molecule has 2 aromatic heterocycles. The Balaban J connectivity index is 1.73. The largest absolute Gasteiger partial charge is 0.332 e. The Morgan fingerprint density at radius 2 is 2.12 bits per heavy atom. The topological polar surface area (TPSA) is 95.7 Å². The molecule has 0 radical (unpaired) electrons. The van der Waals surface area contributed by atoms with Gasteiger partial charge in [-0.1, -0.05) is 47.8 Å². The summed E-state index contributed by atoms with van der Waals surface area (Å²) in [6, 6.07) is 7.46. The van der Waals surface area contributed by atoms with Gasteiger partial charge in [0, 0.05) is 5.02 Å². The van der Waals surface area contributed by atoms with Crippen molar-refractivity contribution < 1.29 is 4.52 Å². The molecule has 1 saturated carbocycles. The second kappa shape index (κ2) is 6.24.